The van der Waals surface area contributed by atoms with E-state index in [0.717, 1.165) is 13.0 Å². The first-order valence-electron chi connectivity index (χ1n) is 4.93. The van der Waals surface area contributed by atoms with Gasteiger partial charge in [0.15, 0.2) is 0 Å². The van der Waals surface area contributed by atoms with Gasteiger partial charge in [-0.3, -0.25) is 4.68 Å². The second-order valence-electron chi connectivity index (χ2n) is 3.03. The predicted molar refractivity (Wildman–Crippen MR) is 55.3 cm³/mol. The molecule has 0 bridgehead atoms. The molecule has 0 aliphatic heterocycles. The zero-order valence-electron chi connectivity index (χ0n) is 8.52. The summed E-state index contributed by atoms with van der Waals surface area (Å²) in [5.74, 6) is 0. The number of nitrogens with zero attached hydrogens (tertiary/aromatic N) is 2. The summed E-state index contributed by atoms with van der Waals surface area (Å²) in [6.07, 6.45) is 4.43. The number of amides is 2. The highest BCUT2D eigenvalue weighted by Crippen LogP contribution is 1.87. The maximum Gasteiger partial charge on any atom is 0.314 e. The Bertz CT molecular complexity index is 274. The van der Waals surface area contributed by atoms with Crippen LogP contribution in [0, 0.1) is 0 Å². The summed E-state index contributed by atoms with van der Waals surface area (Å²) in [6, 6.07) is 1.62. The van der Waals surface area contributed by atoms with Crippen LogP contribution in [0.2, 0.25) is 0 Å². The fourth-order valence-corrected chi connectivity index (χ4v) is 1.11. The van der Waals surface area contributed by atoms with E-state index in [0.29, 0.717) is 6.54 Å². The Labute approximate surface area is 88.3 Å². The van der Waals surface area contributed by atoms with Gasteiger partial charge in [-0.1, -0.05) is 0 Å². The van der Waals surface area contributed by atoms with Crippen LogP contribution in [0.25, 0.3) is 0 Å². The fraction of sp³-hybridized carbons (Fsp3) is 0.556. The number of aryl methyl sites for hydroxylation is 1. The molecule has 1 heterocycles. The minimum absolute atomic E-state index is 0.0410. The minimum Gasteiger partial charge on any atom is -0.395 e. The molecular formula is C9H16N4O2. The van der Waals surface area contributed by atoms with Crippen molar-refractivity contribution < 1.29 is 9.90 Å². The number of aliphatic hydroxyl groups is 1. The first kappa shape index (κ1) is 11.5. The third kappa shape index (κ3) is 5.02. The van der Waals surface area contributed by atoms with Crippen LogP contribution < -0.4 is 10.6 Å². The molecule has 0 saturated carbocycles. The van der Waals surface area contributed by atoms with Gasteiger partial charge in [0, 0.05) is 32.0 Å². The topological polar surface area (TPSA) is 79.2 Å². The van der Waals surface area contributed by atoms with Gasteiger partial charge < -0.3 is 15.7 Å². The van der Waals surface area contributed by atoms with Crippen molar-refractivity contribution in [1.29, 1.82) is 0 Å². The molecule has 0 atom stereocenters. The molecule has 15 heavy (non-hydrogen) atoms. The molecule has 1 aromatic rings. The van der Waals surface area contributed by atoms with Gasteiger partial charge in [0.2, 0.25) is 0 Å². The summed E-state index contributed by atoms with van der Waals surface area (Å²) in [4.78, 5) is 11.0. The van der Waals surface area contributed by atoms with Crippen LogP contribution in [0.15, 0.2) is 18.5 Å². The maximum absolute atomic E-state index is 11.0. The standard InChI is InChI=1S/C9H16N4O2/c14-8-5-11-9(15)10-3-1-6-13-7-2-4-12-13/h2,4,7,14H,1,3,5-6,8H2,(H2,10,11,15). The zero-order valence-corrected chi connectivity index (χ0v) is 8.52. The first-order valence-corrected chi connectivity index (χ1v) is 4.93. The largest absolute Gasteiger partial charge is 0.395 e. The van der Waals surface area contributed by atoms with Crippen LogP contribution in [0.3, 0.4) is 0 Å². The molecule has 0 radical (unpaired) electrons. The Balaban J connectivity index is 1.99. The smallest absolute Gasteiger partial charge is 0.314 e. The van der Waals surface area contributed by atoms with E-state index in [4.69, 9.17) is 5.11 Å². The predicted octanol–water partition coefficient (Wildman–Crippen LogP) is -0.435. The summed E-state index contributed by atoms with van der Waals surface area (Å²) in [6.45, 7) is 1.62. The minimum atomic E-state index is -0.246. The van der Waals surface area contributed by atoms with Crippen LogP contribution in [-0.2, 0) is 6.54 Å². The number of urea groups is 1. The number of aromatic nitrogens is 2. The van der Waals surface area contributed by atoms with Crippen molar-refractivity contribution in [2.45, 2.75) is 13.0 Å². The van der Waals surface area contributed by atoms with Crippen LogP contribution in [-0.4, -0.2) is 40.6 Å². The average molecular weight is 212 g/mol. The number of hydrogen-bond donors (Lipinski definition) is 3. The molecule has 2 amide bonds. The van der Waals surface area contributed by atoms with Crippen molar-refractivity contribution in [2.24, 2.45) is 0 Å². The maximum atomic E-state index is 11.0. The Morgan fingerprint density at radius 1 is 1.40 bits per heavy atom. The Morgan fingerprint density at radius 3 is 2.87 bits per heavy atom. The van der Waals surface area contributed by atoms with E-state index in [9.17, 15) is 4.79 Å². The van der Waals surface area contributed by atoms with Gasteiger partial charge in [0.05, 0.1) is 6.61 Å². The molecule has 0 aliphatic carbocycles. The second kappa shape index (κ2) is 6.83. The van der Waals surface area contributed by atoms with Gasteiger partial charge in [-0.2, -0.15) is 5.10 Å². The van der Waals surface area contributed by atoms with Gasteiger partial charge in [-0.25, -0.2) is 4.79 Å². The number of hydrogen-bond acceptors (Lipinski definition) is 3. The summed E-state index contributed by atoms with van der Waals surface area (Å²) in [7, 11) is 0. The van der Waals surface area contributed by atoms with E-state index in [1.165, 1.54) is 0 Å². The Hall–Kier alpha value is -1.56. The molecule has 84 valence electrons. The van der Waals surface area contributed by atoms with Crippen molar-refractivity contribution in [3.8, 4) is 0 Å². The van der Waals surface area contributed by atoms with Crippen LogP contribution in [0.1, 0.15) is 6.42 Å². The highest BCUT2D eigenvalue weighted by molar-refractivity contribution is 5.73. The zero-order chi connectivity index (χ0) is 10.9. The third-order valence-corrected chi connectivity index (χ3v) is 1.81. The van der Waals surface area contributed by atoms with Gasteiger partial charge in [-0.15, -0.1) is 0 Å². The van der Waals surface area contributed by atoms with Gasteiger partial charge in [-0.05, 0) is 12.5 Å². The second-order valence-corrected chi connectivity index (χ2v) is 3.03. The van der Waals surface area contributed by atoms with Crippen molar-refractivity contribution in [3.05, 3.63) is 18.5 Å². The fourth-order valence-electron chi connectivity index (χ4n) is 1.11. The number of rotatable bonds is 6. The van der Waals surface area contributed by atoms with Crippen LogP contribution >= 0.6 is 0 Å². The molecule has 1 aromatic heterocycles. The van der Waals surface area contributed by atoms with Crippen molar-refractivity contribution >= 4 is 6.03 Å². The van der Waals surface area contributed by atoms with E-state index >= 15 is 0 Å². The van der Waals surface area contributed by atoms with Gasteiger partial charge in [0.1, 0.15) is 0 Å². The van der Waals surface area contributed by atoms with Crippen molar-refractivity contribution in [2.75, 3.05) is 19.7 Å². The van der Waals surface area contributed by atoms with Gasteiger partial charge in [0.25, 0.3) is 0 Å². The van der Waals surface area contributed by atoms with E-state index in [-0.39, 0.29) is 19.2 Å². The van der Waals surface area contributed by atoms with Crippen molar-refractivity contribution in [3.63, 3.8) is 0 Å². The summed E-state index contributed by atoms with van der Waals surface area (Å²) >= 11 is 0. The molecule has 1 rings (SSSR count). The molecule has 0 aliphatic rings. The highest BCUT2D eigenvalue weighted by Gasteiger charge is 1.97. The summed E-state index contributed by atoms with van der Waals surface area (Å²) < 4.78 is 1.81. The lowest BCUT2D eigenvalue weighted by Gasteiger charge is -2.06. The average Bonchev–Trinajstić information content (AvgIpc) is 2.74. The Kier molecular flexibility index (Phi) is 5.24. The van der Waals surface area contributed by atoms with E-state index < -0.39 is 0 Å². The van der Waals surface area contributed by atoms with Gasteiger partial charge >= 0.3 is 6.03 Å². The quantitative estimate of drug-likeness (QED) is 0.559. The molecule has 0 aromatic carbocycles. The molecule has 0 saturated heterocycles. The summed E-state index contributed by atoms with van der Waals surface area (Å²) in [5, 5.41) is 17.7. The van der Waals surface area contributed by atoms with E-state index in [1.807, 2.05) is 16.9 Å². The number of nitrogens with one attached hydrogen (secondary N) is 2. The molecule has 3 N–H and O–H groups in total. The normalized spacial score (nSPS) is 9.93. The number of carbonyl (C=O) groups excluding carboxylic acids is 1. The van der Waals surface area contributed by atoms with Crippen LogP contribution in [0.4, 0.5) is 4.79 Å². The van der Waals surface area contributed by atoms with E-state index in [2.05, 4.69) is 15.7 Å². The van der Waals surface area contributed by atoms with E-state index in [1.54, 1.807) is 6.20 Å². The molecule has 0 fully saturated rings. The lowest BCUT2D eigenvalue weighted by molar-refractivity contribution is 0.234. The highest BCUT2D eigenvalue weighted by atomic mass is 16.3. The molecule has 6 heteroatoms. The number of carbonyl (C=O) groups is 1. The SMILES string of the molecule is O=C(NCCO)NCCCn1cccn1. The lowest BCUT2D eigenvalue weighted by Crippen LogP contribution is -2.37. The third-order valence-electron chi connectivity index (χ3n) is 1.81. The molecular weight excluding hydrogens is 196 g/mol. The van der Waals surface area contributed by atoms with Crippen LogP contribution in [0.5, 0.6) is 0 Å². The monoisotopic (exact) mass is 212 g/mol. The molecule has 0 spiro atoms. The lowest BCUT2D eigenvalue weighted by atomic mass is 10.4. The first-order chi connectivity index (χ1) is 7.33. The summed E-state index contributed by atoms with van der Waals surface area (Å²) in [5.41, 5.74) is 0. The van der Waals surface area contributed by atoms with Crippen molar-refractivity contribution in [1.82, 2.24) is 20.4 Å². The Morgan fingerprint density at radius 2 is 2.20 bits per heavy atom. The molecule has 0 unspecified atom stereocenters. The number of aliphatic hydroxyl groups excluding tert-OH is 1. The molecule has 6 nitrogen and oxygen atoms in total.